The Kier molecular flexibility index (Phi) is 5.72. The molecular formula is C15H23FN2O2S. The van der Waals surface area contributed by atoms with Gasteiger partial charge in [0.05, 0.1) is 0 Å². The third-order valence-electron chi connectivity index (χ3n) is 3.72. The molecule has 2 N–H and O–H groups in total. The van der Waals surface area contributed by atoms with Crippen molar-refractivity contribution in [3.63, 3.8) is 0 Å². The summed E-state index contributed by atoms with van der Waals surface area (Å²) in [4.78, 5) is -0.245. The molecule has 1 fully saturated rings. The molecule has 4 nitrogen and oxygen atoms in total. The minimum Gasteiger partial charge on any atom is -0.313 e. The maximum Gasteiger partial charge on any atom is 0.243 e. The monoisotopic (exact) mass is 314 g/mol. The van der Waals surface area contributed by atoms with E-state index in [2.05, 4.69) is 17.0 Å². The molecule has 0 bridgehead atoms. The van der Waals surface area contributed by atoms with E-state index in [4.69, 9.17) is 0 Å². The summed E-state index contributed by atoms with van der Waals surface area (Å²) >= 11 is 0. The fourth-order valence-corrected chi connectivity index (χ4v) is 4.03. The summed E-state index contributed by atoms with van der Waals surface area (Å²) < 4.78 is 41.1. The van der Waals surface area contributed by atoms with Gasteiger partial charge in [-0.25, -0.2) is 17.5 Å². The predicted molar refractivity (Wildman–Crippen MR) is 81.0 cm³/mol. The minimum absolute atomic E-state index is 0.0590. The van der Waals surface area contributed by atoms with E-state index < -0.39 is 15.8 Å². The van der Waals surface area contributed by atoms with E-state index in [0.29, 0.717) is 6.54 Å². The summed E-state index contributed by atoms with van der Waals surface area (Å²) in [7, 11) is -3.78. The Labute approximate surface area is 126 Å². The second kappa shape index (κ2) is 7.33. The van der Waals surface area contributed by atoms with Gasteiger partial charge in [-0.05, 0) is 43.5 Å². The summed E-state index contributed by atoms with van der Waals surface area (Å²) in [5.74, 6) is -0.695. The first-order valence-corrected chi connectivity index (χ1v) is 9.02. The Balaban J connectivity index is 2.14. The molecule has 1 saturated carbocycles. The average Bonchev–Trinajstić information content (AvgIpc) is 2.93. The SMILES string of the molecule is CCCNCc1ccc(F)c(S(=O)(=O)NC2CCCC2)c1. The molecule has 21 heavy (non-hydrogen) atoms. The molecular weight excluding hydrogens is 291 g/mol. The Bertz CT molecular complexity index is 569. The van der Waals surface area contributed by atoms with E-state index in [0.717, 1.165) is 44.2 Å². The zero-order chi connectivity index (χ0) is 15.3. The van der Waals surface area contributed by atoms with Crippen LogP contribution in [0.15, 0.2) is 23.1 Å². The van der Waals surface area contributed by atoms with Crippen LogP contribution in [0.3, 0.4) is 0 Å². The molecule has 6 heteroatoms. The number of rotatable bonds is 7. The van der Waals surface area contributed by atoms with E-state index in [1.54, 1.807) is 6.07 Å². The van der Waals surface area contributed by atoms with Crippen LogP contribution in [0.25, 0.3) is 0 Å². The van der Waals surface area contributed by atoms with E-state index in [1.165, 1.54) is 12.1 Å². The van der Waals surface area contributed by atoms with Crippen molar-refractivity contribution >= 4 is 10.0 Å². The van der Waals surface area contributed by atoms with Crippen molar-refractivity contribution in [1.82, 2.24) is 10.0 Å². The molecule has 0 spiro atoms. The first-order valence-electron chi connectivity index (χ1n) is 7.54. The highest BCUT2D eigenvalue weighted by Crippen LogP contribution is 2.22. The van der Waals surface area contributed by atoms with Crippen molar-refractivity contribution in [2.75, 3.05) is 6.54 Å². The molecule has 0 atom stereocenters. The van der Waals surface area contributed by atoms with Crippen LogP contribution in [0.5, 0.6) is 0 Å². The molecule has 0 aromatic heterocycles. The predicted octanol–water partition coefficient (Wildman–Crippen LogP) is 2.55. The average molecular weight is 314 g/mol. The maximum atomic E-state index is 13.9. The zero-order valence-corrected chi connectivity index (χ0v) is 13.2. The maximum absolute atomic E-state index is 13.9. The van der Waals surface area contributed by atoms with Gasteiger partial charge in [0.25, 0.3) is 0 Å². The number of hydrogen-bond donors (Lipinski definition) is 2. The molecule has 0 radical (unpaired) electrons. The fourth-order valence-electron chi connectivity index (χ4n) is 2.60. The molecule has 1 aliphatic rings. The summed E-state index contributed by atoms with van der Waals surface area (Å²) in [6.45, 7) is 3.44. The fraction of sp³-hybridized carbons (Fsp3) is 0.600. The van der Waals surface area contributed by atoms with Crippen LogP contribution in [0, 0.1) is 5.82 Å². The van der Waals surface area contributed by atoms with Crippen LogP contribution in [-0.2, 0) is 16.6 Å². The van der Waals surface area contributed by atoms with E-state index in [-0.39, 0.29) is 10.9 Å². The smallest absolute Gasteiger partial charge is 0.243 e. The summed E-state index contributed by atoms with van der Waals surface area (Å²) in [6.07, 6.45) is 4.71. The summed E-state index contributed by atoms with van der Waals surface area (Å²) in [5, 5.41) is 3.18. The molecule has 1 aromatic rings. The second-order valence-corrected chi connectivity index (χ2v) is 7.23. The normalized spacial score (nSPS) is 16.5. The van der Waals surface area contributed by atoms with E-state index in [9.17, 15) is 12.8 Å². The highest BCUT2D eigenvalue weighted by molar-refractivity contribution is 7.89. The van der Waals surface area contributed by atoms with Gasteiger partial charge < -0.3 is 5.32 Å². The lowest BCUT2D eigenvalue weighted by Crippen LogP contribution is -2.33. The Hall–Kier alpha value is -0.980. The van der Waals surface area contributed by atoms with Crippen molar-refractivity contribution in [1.29, 1.82) is 0 Å². The first kappa shape index (κ1) is 16.4. The van der Waals surface area contributed by atoms with Crippen molar-refractivity contribution < 1.29 is 12.8 Å². The van der Waals surface area contributed by atoms with E-state index >= 15 is 0 Å². The zero-order valence-electron chi connectivity index (χ0n) is 12.4. The van der Waals surface area contributed by atoms with Gasteiger partial charge in [0.15, 0.2) is 0 Å². The minimum atomic E-state index is -3.78. The van der Waals surface area contributed by atoms with Crippen LogP contribution < -0.4 is 10.0 Å². The molecule has 118 valence electrons. The third-order valence-corrected chi connectivity index (χ3v) is 5.25. The number of nitrogens with one attached hydrogen (secondary N) is 2. The highest BCUT2D eigenvalue weighted by Gasteiger charge is 2.25. The van der Waals surface area contributed by atoms with Gasteiger partial charge >= 0.3 is 0 Å². The molecule has 2 rings (SSSR count). The van der Waals surface area contributed by atoms with Gasteiger partial charge in [-0.15, -0.1) is 0 Å². The van der Waals surface area contributed by atoms with Gasteiger partial charge in [-0.1, -0.05) is 25.8 Å². The Morgan fingerprint density at radius 2 is 2.00 bits per heavy atom. The lowest BCUT2D eigenvalue weighted by Gasteiger charge is -2.14. The molecule has 0 heterocycles. The molecule has 1 aromatic carbocycles. The summed E-state index contributed by atoms with van der Waals surface area (Å²) in [5.41, 5.74) is 0.775. The molecule has 1 aliphatic carbocycles. The van der Waals surface area contributed by atoms with Crippen LogP contribution in [-0.4, -0.2) is 21.0 Å². The molecule has 0 amide bonds. The van der Waals surface area contributed by atoms with Crippen LogP contribution in [0.2, 0.25) is 0 Å². The standard InChI is InChI=1S/C15H23FN2O2S/c1-2-9-17-11-12-7-8-14(16)15(10-12)21(19,20)18-13-5-3-4-6-13/h7-8,10,13,17-18H,2-6,9,11H2,1H3. The number of sulfonamides is 1. The van der Waals surface area contributed by atoms with Gasteiger partial charge in [0, 0.05) is 12.6 Å². The largest absolute Gasteiger partial charge is 0.313 e. The quantitative estimate of drug-likeness (QED) is 0.761. The van der Waals surface area contributed by atoms with Crippen molar-refractivity contribution in [3.05, 3.63) is 29.6 Å². The van der Waals surface area contributed by atoms with Gasteiger partial charge in [-0.2, -0.15) is 0 Å². The number of benzene rings is 1. The van der Waals surface area contributed by atoms with Gasteiger partial charge in [-0.3, -0.25) is 0 Å². The topological polar surface area (TPSA) is 58.2 Å². The molecule has 0 saturated heterocycles. The number of halogens is 1. The third kappa shape index (κ3) is 4.49. The van der Waals surface area contributed by atoms with Gasteiger partial charge in [0.2, 0.25) is 10.0 Å². The van der Waals surface area contributed by atoms with Crippen molar-refractivity contribution in [3.8, 4) is 0 Å². The number of hydrogen-bond acceptors (Lipinski definition) is 3. The highest BCUT2D eigenvalue weighted by atomic mass is 32.2. The van der Waals surface area contributed by atoms with Crippen LogP contribution in [0.4, 0.5) is 4.39 Å². The molecule has 0 aliphatic heterocycles. The van der Waals surface area contributed by atoms with Crippen LogP contribution in [0.1, 0.15) is 44.6 Å². The lowest BCUT2D eigenvalue weighted by molar-refractivity contribution is 0.536. The van der Waals surface area contributed by atoms with Crippen molar-refractivity contribution in [2.45, 2.75) is 56.5 Å². The van der Waals surface area contributed by atoms with E-state index in [1.807, 2.05) is 0 Å². The van der Waals surface area contributed by atoms with Crippen molar-refractivity contribution in [2.24, 2.45) is 0 Å². The molecule has 0 unspecified atom stereocenters. The summed E-state index contributed by atoms with van der Waals surface area (Å²) in [6, 6.07) is 4.21. The lowest BCUT2D eigenvalue weighted by atomic mass is 10.2. The second-order valence-electron chi connectivity index (χ2n) is 5.54. The van der Waals surface area contributed by atoms with Gasteiger partial charge in [0.1, 0.15) is 10.7 Å². The Morgan fingerprint density at radius 3 is 2.67 bits per heavy atom. The first-order chi connectivity index (χ1) is 10.0. The van der Waals surface area contributed by atoms with Crippen LogP contribution >= 0.6 is 0 Å². The Morgan fingerprint density at radius 1 is 1.29 bits per heavy atom.